The topological polar surface area (TPSA) is 64.3 Å². The van der Waals surface area contributed by atoms with E-state index in [1.807, 2.05) is 13.8 Å². The van der Waals surface area contributed by atoms with Gasteiger partial charge in [0.25, 0.3) is 0 Å². The second kappa shape index (κ2) is 7.09. The molecule has 1 amide bonds. The van der Waals surface area contributed by atoms with Gasteiger partial charge in [0.05, 0.1) is 6.10 Å². The summed E-state index contributed by atoms with van der Waals surface area (Å²) in [6, 6.07) is 0. The van der Waals surface area contributed by atoms with E-state index in [4.69, 9.17) is 10.5 Å². The van der Waals surface area contributed by atoms with Gasteiger partial charge in [0.1, 0.15) is 6.61 Å². The Hall–Kier alpha value is -0.320. The fourth-order valence-corrected chi connectivity index (χ4v) is 1.47. The molecule has 5 heteroatoms. The van der Waals surface area contributed by atoms with Crippen LogP contribution >= 0.6 is 12.4 Å². The molecule has 1 aliphatic rings. The molecule has 16 heavy (non-hydrogen) atoms. The average molecular weight is 251 g/mol. The van der Waals surface area contributed by atoms with Gasteiger partial charge in [-0.3, -0.25) is 4.79 Å². The highest BCUT2D eigenvalue weighted by Crippen LogP contribution is 2.27. The molecule has 0 aromatic heterocycles. The Bertz CT molecular complexity index is 220. The van der Waals surface area contributed by atoms with Gasteiger partial charge < -0.3 is 15.8 Å². The molecule has 4 nitrogen and oxygen atoms in total. The van der Waals surface area contributed by atoms with Crippen LogP contribution in [0.4, 0.5) is 0 Å². The molecule has 1 aliphatic carbocycles. The Labute approximate surface area is 104 Å². The monoisotopic (exact) mass is 250 g/mol. The molecule has 1 rings (SSSR count). The Morgan fingerprint density at radius 3 is 2.62 bits per heavy atom. The highest BCUT2D eigenvalue weighted by Gasteiger charge is 2.32. The van der Waals surface area contributed by atoms with E-state index in [0.29, 0.717) is 6.54 Å². The summed E-state index contributed by atoms with van der Waals surface area (Å²) in [5.74, 6) is -0.0629. The zero-order chi connectivity index (χ0) is 11.3. The first kappa shape index (κ1) is 15.7. The quantitative estimate of drug-likeness (QED) is 0.745. The molecular formula is C11H23ClN2O2. The van der Waals surface area contributed by atoms with E-state index in [-0.39, 0.29) is 36.6 Å². The van der Waals surface area contributed by atoms with Gasteiger partial charge >= 0.3 is 0 Å². The van der Waals surface area contributed by atoms with Crippen LogP contribution in [0.25, 0.3) is 0 Å². The molecular weight excluding hydrogens is 228 g/mol. The number of hydrogen-bond acceptors (Lipinski definition) is 3. The van der Waals surface area contributed by atoms with Crippen molar-refractivity contribution in [1.29, 1.82) is 0 Å². The van der Waals surface area contributed by atoms with Gasteiger partial charge in [-0.2, -0.15) is 0 Å². The lowest BCUT2D eigenvalue weighted by molar-refractivity contribution is -0.127. The molecule has 0 aliphatic heterocycles. The van der Waals surface area contributed by atoms with Crippen molar-refractivity contribution < 1.29 is 9.53 Å². The molecule has 3 N–H and O–H groups in total. The summed E-state index contributed by atoms with van der Waals surface area (Å²) in [4.78, 5) is 11.4. The van der Waals surface area contributed by atoms with E-state index < -0.39 is 0 Å². The van der Waals surface area contributed by atoms with Crippen LogP contribution in [0.15, 0.2) is 0 Å². The largest absolute Gasteiger partial charge is 0.369 e. The maximum absolute atomic E-state index is 11.4. The van der Waals surface area contributed by atoms with Gasteiger partial charge in [0, 0.05) is 12.1 Å². The van der Waals surface area contributed by atoms with Crippen molar-refractivity contribution in [3.05, 3.63) is 0 Å². The van der Waals surface area contributed by atoms with Crippen LogP contribution in [0.3, 0.4) is 0 Å². The second-order valence-corrected chi connectivity index (χ2v) is 4.52. The van der Waals surface area contributed by atoms with Crippen LogP contribution in [-0.4, -0.2) is 30.7 Å². The van der Waals surface area contributed by atoms with Crippen molar-refractivity contribution in [3.63, 3.8) is 0 Å². The number of ether oxygens (including phenoxy) is 1. The SMILES string of the molecule is CCC(C)OCC(=O)NCC1(N)CCC1.Cl. The third kappa shape index (κ3) is 5.14. The standard InChI is InChI=1S/C11H22N2O2.ClH/c1-3-9(2)15-7-10(14)13-8-11(12)5-4-6-11;/h9H,3-8,12H2,1-2H3,(H,13,14);1H. The third-order valence-electron chi connectivity index (χ3n) is 3.06. The number of carbonyl (C=O) groups excluding carboxylic acids is 1. The average Bonchev–Trinajstić information content (AvgIpc) is 2.20. The molecule has 96 valence electrons. The number of amides is 1. The summed E-state index contributed by atoms with van der Waals surface area (Å²) in [7, 11) is 0. The highest BCUT2D eigenvalue weighted by atomic mass is 35.5. The lowest BCUT2D eigenvalue weighted by Gasteiger charge is -2.38. The summed E-state index contributed by atoms with van der Waals surface area (Å²) in [5.41, 5.74) is 5.83. The lowest BCUT2D eigenvalue weighted by Crippen LogP contribution is -2.55. The third-order valence-corrected chi connectivity index (χ3v) is 3.06. The number of hydrogen-bond donors (Lipinski definition) is 2. The summed E-state index contributed by atoms with van der Waals surface area (Å²) in [5, 5.41) is 2.82. The Kier molecular flexibility index (Phi) is 6.95. The first-order valence-electron chi connectivity index (χ1n) is 5.73. The molecule has 0 spiro atoms. The van der Waals surface area contributed by atoms with Crippen LogP contribution in [0.2, 0.25) is 0 Å². The summed E-state index contributed by atoms with van der Waals surface area (Å²) in [6.07, 6.45) is 4.27. The molecule has 1 saturated carbocycles. The van der Waals surface area contributed by atoms with E-state index in [1.54, 1.807) is 0 Å². The number of nitrogens with one attached hydrogen (secondary N) is 1. The number of halogens is 1. The van der Waals surface area contributed by atoms with Crippen molar-refractivity contribution in [2.24, 2.45) is 5.73 Å². The Balaban J connectivity index is 0.00000225. The van der Waals surface area contributed by atoms with Gasteiger partial charge in [-0.25, -0.2) is 0 Å². The number of rotatable bonds is 6. The summed E-state index contributed by atoms with van der Waals surface area (Å²) >= 11 is 0. The van der Waals surface area contributed by atoms with E-state index >= 15 is 0 Å². The van der Waals surface area contributed by atoms with Gasteiger partial charge in [0.15, 0.2) is 0 Å². The van der Waals surface area contributed by atoms with Gasteiger partial charge in [-0.05, 0) is 32.6 Å². The first-order chi connectivity index (χ1) is 7.06. The molecule has 0 radical (unpaired) electrons. The van der Waals surface area contributed by atoms with Crippen LogP contribution in [0, 0.1) is 0 Å². The smallest absolute Gasteiger partial charge is 0.246 e. The van der Waals surface area contributed by atoms with E-state index in [1.165, 1.54) is 6.42 Å². The number of nitrogens with two attached hydrogens (primary N) is 1. The van der Waals surface area contributed by atoms with Crippen LogP contribution in [0.1, 0.15) is 39.5 Å². The normalized spacial score (nSPS) is 19.2. The van der Waals surface area contributed by atoms with Crippen LogP contribution in [-0.2, 0) is 9.53 Å². The molecule has 1 fully saturated rings. The van der Waals surface area contributed by atoms with E-state index in [2.05, 4.69) is 5.32 Å². The minimum absolute atomic E-state index is 0. The van der Waals surface area contributed by atoms with Crippen molar-refractivity contribution in [2.45, 2.75) is 51.2 Å². The van der Waals surface area contributed by atoms with Crippen molar-refractivity contribution in [3.8, 4) is 0 Å². The van der Waals surface area contributed by atoms with E-state index in [9.17, 15) is 4.79 Å². The van der Waals surface area contributed by atoms with E-state index in [0.717, 1.165) is 19.3 Å². The van der Waals surface area contributed by atoms with Gasteiger partial charge in [-0.1, -0.05) is 6.92 Å². The van der Waals surface area contributed by atoms with Crippen LogP contribution in [0.5, 0.6) is 0 Å². The van der Waals surface area contributed by atoms with Crippen molar-refractivity contribution in [2.75, 3.05) is 13.2 Å². The predicted molar refractivity (Wildman–Crippen MR) is 66.7 cm³/mol. The Morgan fingerprint density at radius 2 is 2.19 bits per heavy atom. The Morgan fingerprint density at radius 1 is 1.56 bits per heavy atom. The maximum atomic E-state index is 11.4. The van der Waals surface area contributed by atoms with Gasteiger partial charge in [0.2, 0.25) is 5.91 Å². The van der Waals surface area contributed by atoms with Crippen molar-refractivity contribution >= 4 is 18.3 Å². The minimum Gasteiger partial charge on any atom is -0.369 e. The molecule has 0 bridgehead atoms. The zero-order valence-electron chi connectivity index (χ0n) is 10.1. The predicted octanol–water partition coefficient (Wildman–Crippen LogP) is 1.22. The molecule has 0 aromatic rings. The fraction of sp³-hybridized carbons (Fsp3) is 0.909. The first-order valence-corrected chi connectivity index (χ1v) is 5.73. The molecule has 1 atom stereocenters. The minimum atomic E-state index is -0.147. The fourth-order valence-electron chi connectivity index (χ4n) is 1.47. The van der Waals surface area contributed by atoms with Crippen molar-refractivity contribution in [1.82, 2.24) is 5.32 Å². The molecule has 0 saturated heterocycles. The molecule has 0 aromatic carbocycles. The molecule has 1 unspecified atom stereocenters. The lowest BCUT2D eigenvalue weighted by atomic mass is 9.78. The second-order valence-electron chi connectivity index (χ2n) is 4.52. The maximum Gasteiger partial charge on any atom is 0.246 e. The zero-order valence-corrected chi connectivity index (χ0v) is 10.9. The van der Waals surface area contributed by atoms with Gasteiger partial charge in [-0.15, -0.1) is 12.4 Å². The summed E-state index contributed by atoms with van der Waals surface area (Å²) in [6.45, 7) is 4.72. The summed E-state index contributed by atoms with van der Waals surface area (Å²) < 4.78 is 5.32. The highest BCUT2D eigenvalue weighted by molar-refractivity contribution is 5.85. The number of carbonyl (C=O) groups is 1. The molecule has 0 heterocycles. The van der Waals surface area contributed by atoms with Crippen LogP contribution < -0.4 is 11.1 Å².